The van der Waals surface area contributed by atoms with Crippen LogP contribution in [0.3, 0.4) is 0 Å². The van der Waals surface area contributed by atoms with E-state index < -0.39 is 0 Å². The molecule has 0 heterocycles. The highest BCUT2D eigenvalue weighted by atomic mass is 16.2. The van der Waals surface area contributed by atoms with Gasteiger partial charge >= 0.3 is 0 Å². The zero-order valence-electron chi connectivity index (χ0n) is 15.2. The Balaban J connectivity index is 1.87. The van der Waals surface area contributed by atoms with Crippen LogP contribution in [0, 0.1) is 11.8 Å². The van der Waals surface area contributed by atoms with E-state index in [0.29, 0.717) is 6.54 Å². The molecule has 4 heteroatoms. The van der Waals surface area contributed by atoms with Crippen molar-refractivity contribution < 1.29 is 9.59 Å². The van der Waals surface area contributed by atoms with Gasteiger partial charge in [-0.15, -0.1) is 6.58 Å². The fourth-order valence-corrected chi connectivity index (χ4v) is 3.60. The number of carbonyl (C=O) groups excluding carboxylic acids is 2. The Morgan fingerprint density at radius 1 is 1.20 bits per heavy atom. The average Bonchev–Trinajstić information content (AvgIpc) is 2.66. The molecule has 1 fully saturated rings. The molecule has 0 aliphatic heterocycles. The Bertz CT molecular complexity index is 571. The Labute approximate surface area is 151 Å². The van der Waals surface area contributed by atoms with Crippen molar-refractivity contribution in [3.8, 4) is 0 Å². The molecular formula is C21H30N2O2. The molecule has 4 nitrogen and oxygen atoms in total. The Hall–Kier alpha value is -2.10. The third-order valence-electron chi connectivity index (χ3n) is 5.02. The normalized spacial score (nSPS) is 19.9. The summed E-state index contributed by atoms with van der Waals surface area (Å²) in [5.41, 5.74) is 1.29. The lowest BCUT2D eigenvalue weighted by molar-refractivity contribution is -0.142. The van der Waals surface area contributed by atoms with Gasteiger partial charge in [0, 0.05) is 32.0 Å². The molecule has 1 aliphatic rings. The summed E-state index contributed by atoms with van der Waals surface area (Å²) in [5, 5.41) is 2.86. The minimum atomic E-state index is -0.197. The maximum Gasteiger partial charge on any atom is 0.226 e. The van der Waals surface area contributed by atoms with Crippen LogP contribution in [0.15, 0.2) is 43.0 Å². The fraction of sp³-hybridized carbons (Fsp3) is 0.524. The van der Waals surface area contributed by atoms with Crippen molar-refractivity contribution >= 4 is 11.8 Å². The van der Waals surface area contributed by atoms with Crippen molar-refractivity contribution in [2.45, 2.75) is 38.5 Å². The quantitative estimate of drug-likeness (QED) is 0.738. The van der Waals surface area contributed by atoms with Crippen molar-refractivity contribution in [2.24, 2.45) is 11.8 Å². The van der Waals surface area contributed by atoms with Gasteiger partial charge in [-0.05, 0) is 31.2 Å². The topological polar surface area (TPSA) is 49.4 Å². The van der Waals surface area contributed by atoms with E-state index in [1.54, 1.807) is 6.08 Å². The van der Waals surface area contributed by atoms with Crippen LogP contribution in [-0.2, 0) is 16.0 Å². The van der Waals surface area contributed by atoms with Crippen LogP contribution < -0.4 is 5.32 Å². The molecule has 0 unspecified atom stereocenters. The van der Waals surface area contributed by atoms with Gasteiger partial charge in [-0.25, -0.2) is 0 Å². The van der Waals surface area contributed by atoms with Crippen molar-refractivity contribution in [3.05, 3.63) is 48.6 Å². The number of rotatable bonds is 8. The number of amides is 2. The first kappa shape index (κ1) is 19.2. The molecule has 0 saturated heterocycles. The Morgan fingerprint density at radius 3 is 2.56 bits per heavy atom. The molecule has 2 amide bonds. The summed E-state index contributed by atoms with van der Waals surface area (Å²) in [6.45, 7) is 4.82. The van der Waals surface area contributed by atoms with E-state index >= 15 is 0 Å². The highest BCUT2D eigenvalue weighted by Crippen LogP contribution is 2.31. The zero-order chi connectivity index (χ0) is 18.1. The highest BCUT2D eigenvalue weighted by Gasteiger charge is 2.36. The number of nitrogens with zero attached hydrogens (tertiary/aromatic N) is 1. The largest absolute Gasteiger partial charge is 0.352 e. The summed E-state index contributed by atoms with van der Waals surface area (Å²) >= 11 is 0. The van der Waals surface area contributed by atoms with Crippen LogP contribution in [-0.4, -0.2) is 36.9 Å². The van der Waals surface area contributed by atoms with Crippen molar-refractivity contribution in [2.75, 3.05) is 20.1 Å². The highest BCUT2D eigenvalue weighted by molar-refractivity contribution is 5.87. The van der Waals surface area contributed by atoms with Gasteiger partial charge in [0.15, 0.2) is 0 Å². The van der Waals surface area contributed by atoms with Gasteiger partial charge in [0.2, 0.25) is 11.8 Å². The van der Waals surface area contributed by atoms with E-state index in [0.717, 1.165) is 45.1 Å². The van der Waals surface area contributed by atoms with E-state index in [-0.39, 0.29) is 23.7 Å². The Kier molecular flexibility index (Phi) is 7.71. The number of hydrogen-bond acceptors (Lipinski definition) is 2. The fourth-order valence-electron chi connectivity index (χ4n) is 3.60. The number of nitrogens with one attached hydrogen (secondary N) is 1. The summed E-state index contributed by atoms with van der Waals surface area (Å²) in [6.07, 6.45) is 7.24. The molecule has 0 spiro atoms. The molecule has 1 aromatic carbocycles. The standard InChI is InChI=1S/C21H30N2O2/c1-3-15-22-20(24)18-13-7-8-14-19(18)21(25)23(2)16-9-12-17-10-5-4-6-11-17/h3-6,10-11,18-19H,1,7-9,12-16H2,2H3,(H,22,24)/t18-,19+/m0/s1. The lowest BCUT2D eigenvalue weighted by Gasteiger charge is -2.32. The Morgan fingerprint density at radius 2 is 1.88 bits per heavy atom. The minimum absolute atomic E-state index is 0.00404. The van der Waals surface area contributed by atoms with E-state index in [2.05, 4.69) is 24.0 Å². The van der Waals surface area contributed by atoms with Gasteiger partial charge in [-0.2, -0.15) is 0 Å². The first-order valence-electron chi connectivity index (χ1n) is 9.31. The van der Waals surface area contributed by atoms with Crippen LogP contribution in [0.1, 0.15) is 37.7 Å². The van der Waals surface area contributed by atoms with Crippen LogP contribution in [0.5, 0.6) is 0 Å². The molecule has 136 valence electrons. The first-order chi connectivity index (χ1) is 12.1. The zero-order valence-corrected chi connectivity index (χ0v) is 15.2. The predicted octanol–water partition coefficient (Wildman–Crippen LogP) is 3.19. The molecule has 1 saturated carbocycles. The van der Waals surface area contributed by atoms with Gasteiger partial charge < -0.3 is 10.2 Å². The third kappa shape index (κ3) is 5.73. The second kappa shape index (κ2) is 10.0. The maximum atomic E-state index is 12.9. The molecule has 1 aliphatic carbocycles. The van der Waals surface area contributed by atoms with Crippen LogP contribution in [0.25, 0.3) is 0 Å². The number of aryl methyl sites for hydroxylation is 1. The molecule has 25 heavy (non-hydrogen) atoms. The van der Waals surface area contributed by atoms with E-state index in [1.807, 2.05) is 30.1 Å². The molecule has 0 radical (unpaired) electrons. The first-order valence-corrected chi connectivity index (χ1v) is 9.31. The lowest BCUT2D eigenvalue weighted by atomic mass is 9.78. The second-order valence-electron chi connectivity index (χ2n) is 6.88. The maximum absolute atomic E-state index is 12.9. The van der Waals surface area contributed by atoms with Gasteiger partial charge in [0.1, 0.15) is 0 Å². The van der Waals surface area contributed by atoms with Crippen molar-refractivity contribution in [3.63, 3.8) is 0 Å². The summed E-state index contributed by atoms with van der Waals surface area (Å²) in [4.78, 5) is 27.0. The lowest BCUT2D eigenvalue weighted by Crippen LogP contribution is -2.44. The molecule has 0 aromatic heterocycles. The molecule has 1 N–H and O–H groups in total. The van der Waals surface area contributed by atoms with Gasteiger partial charge in [0.25, 0.3) is 0 Å². The molecule has 1 aromatic rings. The molecule has 0 bridgehead atoms. The van der Waals surface area contributed by atoms with Crippen LogP contribution in [0.2, 0.25) is 0 Å². The van der Waals surface area contributed by atoms with Crippen molar-refractivity contribution in [1.82, 2.24) is 10.2 Å². The third-order valence-corrected chi connectivity index (χ3v) is 5.02. The summed E-state index contributed by atoms with van der Waals surface area (Å²) in [5.74, 6) is -0.264. The monoisotopic (exact) mass is 342 g/mol. The summed E-state index contributed by atoms with van der Waals surface area (Å²) < 4.78 is 0. The van der Waals surface area contributed by atoms with Crippen molar-refractivity contribution in [1.29, 1.82) is 0 Å². The van der Waals surface area contributed by atoms with Crippen LogP contribution in [0.4, 0.5) is 0 Å². The molecule has 2 rings (SSSR count). The smallest absolute Gasteiger partial charge is 0.226 e. The number of carbonyl (C=O) groups is 2. The average molecular weight is 342 g/mol. The van der Waals surface area contributed by atoms with E-state index in [4.69, 9.17) is 0 Å². The van der Waals surface area contributed by atoms with Crippen LogP contribution >= 0.6 is 0 Å². The summed E-state index contributed by atoms with van der Waals surface area (Å²) in [7, 11) is 1.86. The SMILES string of the molecule is C=CCNC(=O)[C@H]1CCCC[C@H]1C(=O)N(C)CCCc1ccccc1. The number of benzene rings is 1. The predicted molar refractivity (Wildman–Crippen MR) is 101 cm³/mol. The van der Waals surface area contributed by atoms with Gasteiger partial charge in [-0.3, -0.25) is 9.59 Å². The van der Waals surface area contributed by atoms with Gasteiger partial charge in [0.05, 0.1) is 0 Å². The van der Waals surface area contributed by atoms with E-state index in [9.17, 15) is 9.59 Å². The second-order valence-corrected chi connectivity index (χ2v) is 6.88. The van der Waals surface area contributed by atoms with Gasteiger partial charge in [-0.1, -0.05) is 49.2 Å². The molecular weight excluding hydrogens is 312 g/mol. The minimum Gasteiger partial charge on any atom is -0.352 e. The van der Waals surface area contributed by atoms with E-state index in [1.165, 1.54) is 5.56 Å². The summed E-state index contributed by atoms with van der Waals surface area (Å²) in [6, 6.07) is 10.3. The molecule has 2 atom stereocenters. The number of hydrogen-bond donors (Lipinski definition) is 1.